The Labute approximate surface area is 105 Å². The van der Waals surface area contributed by atoms with Gasteiger partial charge in [0.15, 0.2) is 5.82 Å². The highest BCUT2D eigenvalue weighted by molar-refractivity contribution is 5.99. The van der Waals surface area contributed by atoms with Crippen molar-refractivity contribution >= 4 is 11.6 Å². The number of carbonyl (C=O) groups is 1. The molecule has 1 atom stereocenters. The third-order valence-corrected chi connectivity index (χ3v) is 2.69. The average molecular weight is 245 g/mol. The van der Waals surface area contributed by atoms with E-state index in [-0.39, 0.29) is 11.9 Å². The van der Waals surface area contributed by atoms with Crippen molar-refractivity contribution in [2.24, 2.45) is 7.05 Å². The second kappa shape index (κ2) is 4.87. The zero-order valence-electron chi connectivity index (χ0n) is 10.3. The summed E-state index contributed by atoms with van der Waals surface area (Å²) in [6, 6.07) is 6.72. The van der Waals surface area contributed by atoms with Gasteiger partial charge in [0.25, 0.3) is 5.91 Å². The maximum Gasteiger partial charge on any atom is 0.253 e. The number of rotatable bonds is 3. The molecular weight excluding hydrogens is 230 g/mol. The molecule has 94 valence electrons. The third kappa shape index (κ3) is 2.32. The fourth-order valence-corrected chi connectivity index (χ4v) is 1.73. The maximum absolute atomic E-state index is 12.0. The van der Waals surface area contributed by atoms with Crippen molar-refractivity contribution in [1.29, 1.82) is 0 Å². The monoisotopic (exact) mass is 245 g/mol. The van der Waals surface area contributed by atoms with Crippen LogP contribution in [0.1, 0.15) is 29.1 Å². The molecule has 2 rings (SSSR count). The molecule has 6 nitrogen and oxygen atoms in total. The predicted molar refractivity (Wildman–Crippen MR) is 67.7 cm³/mol. The zero-order chi connectivity index (χ0) is 13.1. The number of nitrogens with zero attached hydrogens (tertiary/aromatic N) is 3. The van der Waals surface area contributed by atoms with Gasteiger partial charge in [-0.2, -0.15) is 0 Å². The third-order valence-electron chi connectivity index (χ3n) is 2.69. The van der Waals surface area contributed by atoms with Gasteiger partial charge in [-0.15, -0.1) is 10.2 Å². The SMILES string of the molecule is CC(NC(=O)c1ccccc1N)c1nncn1C. The number of aromatic nitrogens is 3. The summed E-state index contributed by atoms with van der Waals surface area (Å²) >= 11 is 0. The summed E-state index contributed by atoms with van der Waals surface area (Å²) in [6.07, 6.45) is 1.59. The Kier molecular flexibility index (Phi) is 3.27. The van der Waals surface area contributed by atoms with Gasteiger partial charge in [0.05, 0.1) is 11.6 Å². The number of nitrogens with one attached hydrogen (secondary N) is 1. The molecule has 0 bridgehead atoms. The normalized spacial score (nSPS) is 12.1. The van der Waals surface area contributed by atoms with Crippen LogP contribution in [0.2, 0.25) is 0 Å². The first-order chi connectivity index (χ1) is 8.59. The first-order valence-electron chi connectivity index (χ1n) is 5.59. The fourth-order valence-electron chi connectivity index (χ4n) is 1.73. The van der Waals surface area contributed by atoms with E-state index in [0.717, 1.165) is 0 Å². The first-order valence-corrected chi connectivity index (χ1v) is 5.59. The maximum atomic E-state index is 12.0. The van der Waals surface area contributed by atoms with Gasteiger partial charge < -0.3 is 15.6 Å². The largest absolute Gasteiger partial charge is 0.398 e. The van der Waals surface area contributed by atoms with Crippen molar-refractivity contribution in [2.45, 2.75) is 13.0 Å². The van der Waals surface area contributed by atoms with Crippen molar-refractivity contribution in [2.75, 3.05) is 5.73 Å². The standard InChI is InChI=1S/C12H15N5O/c1-8(11-16-14-7-17(11)2)15-12(18)9-5-3-4-6-10(9)13/h3-8H,13H2,1-2H3,(H,15,18). The van der Waals surface area contributed by atoms with Gasteiger partial charge in [-0.1, -0.05) is 12.1 Å². The Balaban J connectivity index is 2.13. The quantitative estimate of drug-likeness (QED) is 0.786. The number of carbonyl (C=O) groups excluding carboxylic acids is 1. The molecule has 0 radical (unpaired) electrons. The van der Waals surface area contributed by atoms with Crippen molar-refractivity contribution in [1.82, 2.24) is 20.1 Å². The van der Waals surface area contributed by atoms with E-state index < -0.39 is 0 Å². The molecule has 0 saturated carbocycles. The predicted octanol–water partition coefficient (Wildman–Crippen LogP) is 0.888. The number of hydrogen-bond donors (Lipinski definition) is 2. The minimum Gasteiger partial charge on any atom is -0.398 e. The van der Waals surface area contributed by atoms with Gasteiger partial charge >= 0.3 is 0 Å². The van der Waals surface area contributed by atoms with E-state index in [4.69, 9.17) is 5.73 Å². The molecule has 1 amide bonds. The van der Waals surface area contributed by atoms with Crippen LogP contribution >= 0.6 is 0 Å². The molecule has 6 heteroatoms. The molecule has 0 aliphatic carbocycles. The molecule has 1 aromatic heterocycles. The molecule has 0 aliphatic heterocycles. The summed E-state index contributed by atoms with van der Waals surface area (Å²) in [6.45, 7) is 1.85. The molecule has 1 aromatic carbocycles. The van der Waals surface area contributed by atoms with Crippen LogP contribution in [-0.4, -0.2) is 20.7 Å². The van der Waals surface area contributed by atoms with Crippen LogP contribution in [0, 0.1) is 0 Å². The van der Waals surface area contributed by atoms with E-state index in [1.165, 1.54) is 0 Å². The summed E-state index contributed by atoms with van der Waals surface area (Å²) in [5, 5.41) is 10.6. The molecule has 3 N–H and O–H groups in total. The van der Waals surface area contributed by atoms with Crippen LogP contribution in [0.15, 0.2) is 30.6 Å². The summed E-state index contributed by atoms with van der Waals surface area (Å²) in [5.74, 6) is 0.474. The molecule has 2 aromatic rings. The number of anilines is 1. The van der Waals surface area contributed by atoms with Crippen LogP contribution in [0.3, 0.4) is 0 Å². The molecule has 1 unspecified atom stereocenters. The summed E-state index contributed by atoms with van der Waals surface area (Å²) in [4.78, 5) is 12.0. The van der Waals surface area contributed by atoms with E-state index in [1.807, 2.05) is 14.0 Å². The molecule has 0 spiro atoms. The zero-order valence-corrected chi connectivity index (χ0v) is 10.3. The lowest BCUT2D eigenvalue weighted by molar-refractivity contribution is 0.0938. The van der Waals surface area contributed by atoms with Gasteiger partial charge in [-0.25, -0.2) is 0 Å². The highest BCUT2D eigenvalue weighted by Crippen LogP contribution is 2.13. The van der Waals surface area contributed by atoms with Crippen LogP contribution in [0.25, 0.3) is 0 Å². The van der Waals surface area contributed by atoms with Gasteiger partial charge in [0, 0.05) is 12.7 Å². The molecule has 0 aliphatic rings. The minimum absolute atomic E-state index is 0.219. The summed E-state index contributed by atoms with van der Waals surface area (Å²) in [5.41, 5.74) is 6.67. The Morgan fingerprint density at radius 3 is 2.78 bits per heavy atom. The van der Waals surface area contributed by atoms with E-state index in [1.54, 1.807) is 35.2 Å². The molecule has 18 heavy (non-hydrogen) atoms. The Morgan fingerprint density at radius 2 is 2.17 bits per heavy atom. The lowest BCUT2D eigenvalue weighted by Crippen LogP contribution is -2.29. The van der Waals surface area contributed by atoms with Crippen molar-refractivity contribution in [3.05, 3.63) is 42.0 Å². The number of aryl methyl sites for hydroxylation is 1. The van der Waals surface area contributed by atoms with Gasteiger partial charge in [0.1, 0.15) is 6.33 Å². The van der Waals surface area contributed by atoms with E-state index in [2.05, 4.69) is 15.5 Å². The van der Waals surface area contributed by atoms with E-state index in [9.17, 15) is 4.79 Å². The van der Waals surface area contributed by atoms with Crippen LogP contribution in [0.5, 0.6) is 0 Å². The van der Waals surface area contributed by atoms with Crippen LogP contribution in [0.4, 0.5) is 5.69 Å². The highest BCUT2D eigenvalue weighted by atomic mass is 16.1. The van der Waals surface area contributed by atoms with Crippen molar-refractivity contribution < 1.29 is 4.79 Å². The molecular formula is C12H15N5O. The van der Waals surface area contributed by atoms with Gasteiger partial charge in [-0.05, 0) is 19.1 Å². The first kappa shape index (κ1) is 12.1. The number of nitrogen functional groups attached to an aromatic ring is 1. The lowest BCUT2D eigenvalue weighted by Gasteiger charge is -2.13. The molecule has 0 fully saturated rings. The van der Waals surface area contributed by atoms with Gasteiger partial charge in [-0.3, -0.25) is 4.79 Å². The average Bonchev–Trinajstić information content (AvgIpc) is 2.76. The topological polar surface area (TPSA) is 85.8 Å². The summed E-state index contributed by atoms with van der Waals surface area (Å²) in [7, 11) is 1.83. The molecule has 1 heterocycles. The molecule has 0 saturated heterocycles. The second-order valence-electron chi connectivity index (χ2n) is 4.08. The number of hydrogen-bond acceptors (Lipinski definition) is 4. The fraction of sp³-hybridized carbons (Fsp3) is 0.250. The lowest BCUT2D eigenvalue weighted by atomic mass is 10.1. The van der Waals surface area contributed by atoms with Crippen LogP contribution in [-0.2, 0) is 7.05 Å². The smallest absolute Gasteiger partial charge is 0.253 e. The Hall–Kier alpha value is -2.37. The summed E-state index contributed by atoms with van der Waals surface area (Å²) < 4.78 is 1.76. The Bertz CT molecular complexity index is 563. The second-order valence-corrected chi connectivity index (χ2v) is 4.08. The number of nitrogens with two attached hydrogens (primary N) is 1. The Morgan fingerprint density at radius 1 is 1.44 bits per heavy atom. The number of para-hydroxylation sites is 1. The number of amides is 1. The van der Waals surface area contributed by atoms with Crippen molar-refractivity contribution in [3.63, 3.8) is 0 Å². The van der Waals surface area contributed by atoms with Crippen LogP contribution < -0.4 is 11.1 Å². The van der Waals surface area contributed by atoms with Gasteiger partial charge in [0.2, 0.25) is 0 Å². The van der Waals surface area contributed by atoms with E-state index >= 15 is 0 Å². The highest BCUT2D eigenvalue weighted by Gasteiger charge is 2.16. The number of benzene rings is 1. The minimum atomic E-state index is -0.232. The van der Waals surface area contributed by atoms with Crippen molar-refractivity contribution in [3.8, 4) is 0 Å². The van der Waals surface area contributed by atoms with E-state index in [0.29, 0.717) is 17.1 Å².